The van der Waals surface area contributed by atoms with Gasteiger partial charge in [0, 0.05) is 25.9 Å². The van der Waals surface area contributed by atoms with Crippen LogP contribution < -0.4 is 11.1 Å². The van der Waals surface area contributed by atoms with Crippen LogP contribution in [0.4, 0.5) is 0 Å². The molecule has 1 aliphatic heterocycles. The first-order valence-electron chi connectivity index (χ1n) is 9.48. The van der Waals surface area contributed by atoms with Crippen molar-refractivity contribution in [3.8, 4) is 0 Å². The van der Waals surface area contributed by atoms with E-state index in [4.69, 9.17) is 10.5 Å². The van der Waals surface area contributed by atoms with Gasteiger partial charge in [-0.3, -0.25) is 9.59 Å². The lowest BCUT2D eigenvalue weighted by atomic mass is 9.87. The Labute approximate surface area is 176 Å². The molecule has 0 bridgehead atoms. The van der Waals surface area contributed by atoms with Gasteiger partial charge in [-0.25, -0.2) is 8.42 Å². The maximum Gasteiger partial charge on any atom is 0.243 e. The predicted octanol–water partition coefficient (Wildman–Crippen LogP) is 0.375. The number of ether oxygens (including phenoxy) is 1. The van der Waals surface area contributed by atoms with Crippen LogP contribution in [0.1, 0.15) is 18.4 Å². The zero-order valence-electron chi connectivity index (χ0n) is 16.6. The van der Waals surface area contributed by atoms with Gasteiger partial charge in [0.15, 0.2) is 0 Å². The van der Waals surface area contributed by atoms with Crippen molar-refractivity contribution >= 4 is 33.6 Å². The van der Waals surface area contributed by atoms with Crippen molar-refractivity contribution in [3.05, 3.63) is 35.9 Å². The molecule has 1 heterocycles. The molecule has 0 radical (unpaired) electrons. The van der Waals surface area contributed by atoms with E-state index in [0.29, 0.717) is 25.4 Å². The Kier molecular flexibility index (Phi) is 8.94. The van der Waals surface area contributed by atoms with Crippen LogP contribution in [-0.2, 0) is 30.8 Å². The van der Waals surface area contributed by atoms with Gasteiger partial charge in [0.05, 0.1) is 19.0 Å². The predicted molar refractivity (Wildman–Crippen MR) is 114 cm³/mol. The van der Waals surface area contributed by atoms with E-state index in [1.54, 1.807) is 11.8 Å². The summed E-state index contributed by atoms with van der Waals surface area (Å²) in [5, 5.41) is 2.75. The lowest BCUT2D eigenvalue weighted by molar-refractivity contribution is -0.131. The van der Waals surface area contributed by atoms with Gasteiger partial charge in [-0.2, -0.15) is 16.1 Å². The second kappa shape index (κ2) is 11.0. The van der Waals surface area contributed by atoms with E-state index in [-0.39, 0.29) is 31.7 Å². The summed E-state index contributed by atoms with van der Waals surface area (Å²) in [5.74, 6) is -0.818. The Hall–Kier alpha value is -1.62. The van der Waals surface area contributed by atoms with Gasteiger partial charge >= 0.3 is 0 Å². The summed E-state index contributed by atoms with van der Waals surface area (Å²) >= 11 is 1.55. The topological polar surface area (TPSA) is 119 Å². The third kappa shape index (κ3) is 6.98. The van der Waals surface area contributed by atoms with Crippen LogP contribution in [0, 0.1) is 0 Å². The fourth-order valence-corrected chi connectivity index (χ4v) is 5.15. The summed E-state index contributed by atoms with van der Waals surface area (Å²) < 4.78 is 31.4. The minimum Gasteiger partial charge on any atom is -0.379 e. The number of thioether (sulfide) groups is 1. The summed E-state index contributed by atoms with van der Waals surface area (Å²) in [7, 11) is -3.56. The molecule has 10 heteroatoms. The van der Waals surface area contributed by atoms with Crippen LogP contribution in [0.5, 0.6) is 0 Å². The first-order chi connectivity index (χ1) is 13.8. The van der Waals surface area contributed by atoms with E-state index in [2.05, 4.69) is 5.32 Å². The van der Waals surface area contributed by atoms with Crippen molar-refractivity contribution in [3.63, 3.8) is 0 Å². The second-order valence-corrected chi connectivity index (χ2v) is 10.1. The molecular formula is C19H29N3O5S2. The summed E-state index contributed by atoms with van der Waals surface area (Å²) in [6, 6.07) is 9.31. The molecule has 8 nitrogen and oxygen atoms in total. The molecular weight excluding hydrogens is 414 g/mol. The maximum absolute atomic E-state index is 12.6. The molecule has 1 aromatic carbocycles. The number of primary amides is 1. The first-order valence-corrected chi connectivity index (χ1v) is 12.5. The number of rotatable bonds is 11. The average Bonchev–Trinajstić information content (AvgIpc) is 2.72. The molecule has 2 rings (SSSR count). The van der Waals surface area contributed by atoms with Crippen molar-refractivity contribution in [2.24, 2.45) is 5.73 Å². The number of hydrogen-bond acceptors (Lipinski definition) is 6. The van der Waals surface area contributed by atoms with Gasteiger partial charge in [0.2, 0.25) is 21.8 Å². The van der Waals surface area contributed by atoms with Crippen molar-refractivity contribution in [1.29, 1.82) is 0 Å². The number of sulfonamides is 1. The zero-order chi connectivity index (χ0) is 21.3. The van der Waals surface area contributed by atoms with Crippen LogP contribution in [0.15, 0.2) is 30.3 Å². The standard InChI is InChI=1S/C19H29N3O5S2/c1-28-13-8-19(18(20)24,15-16-5-3-2-4-6-16)21-17(23)7-14-29(25,26)22-9-11-27-12-10-22/h2-6H,7-15H2,1H3,(H2,20,24)(H,21,23)/t19-/m1/s1. The highest BCUT2D eigenvalue weighted by atomic mass is 32.2. The number of morpholine rings is 1. The van der Waals surface area contributed by atoms with E-state index in [1.165, 1.54) is 4.31 Å². The minimum absolute atomic E-state index is 0.233. The van der Waals surface area contributed by atoms with Crippen LogP contribution in [-0.4, -0.2) is 74.1 Å². The summed E-state index contributed by atoms with van der Waals surface area (Å²) in [4.78, 5) is 25.0. The largest absolute Gasteiger partial charge is 0.379 e. The molecule has 162 valence electrons. The number of nitrogens with one attached hydrogen (secondary N) is 1. The van der Waals surface area contributed by atoms with Gasteiger partial charge in [-0.05, 0) is 24.0 Å². The van der Waals surface area contributed by atoms with Crippen molar-refractivity contribution in [2.75, 3.05) is 44.1 Å². The summed E-state index contributed by atoms with van der Waals surface area (Å²) in [5.41, 5.74) is 5.31. The van der Waals surface area contributed by atoms with E-state index in [1.807, 2.05) is 36.6 Å². The van der Waals surface area contributed by atoms with Crippen LogP contribution in [0.3, 0.4) is 0 Å². The van der Waals surface area contributed by atoms with E-state index in [0.717, 1.165) is 5.56 Å². The highest BCUT2D eigenvalue weighted by Crippen LogP contribution is 2.20. The molecule has 1 fully saturated rings. The third-order valence-electron chi connectivity index (χ3n) is 4.88. The molecule has 2 amide bonds. The third-order valence-corrected chi connectivity index (χ3v) is 7.37. The van der Waals surface area contributed by atoms with Crippen molar-refractivity contribution in [1.82, 2.24) is 9.62 Å². The molecule has 0 unspecified atom stereocenters. The average molecular weight is 444 g/mol. The summed E-state index contributed by atoms with van der Waals surface area (Å²) in [6.07, 6.45) is 2.29. The first kappa shape index (κ1) is 23.7. The van der Waals surface area contributed by atoms with E-state index >= 15 is 0 Å². The number of amides is 2. The summed E-state index contributed by atoms with van der Waals surface area (Å²) in [6.45, 7) is 1.28. The van der Waals surface area contributed by atoms with Crippen LogP contribution in [0.25, 0.3) is 0 Å². The monoisotopic (exact) mass is 443 g/mol. The smallest absolute Gasteiger partial charge is 0.243 e. The Balaban J connectivity index is 2.08. The number of carbonyl (C=O) groups excluding carboxylic acids is 2. The number of benzene rings is 1. The molecule has 0 aromatic heterocycles. The maximum atomic E-state index is 12.6. The molecule has 0 spiro atoms. The molecule has 0 aliphatic carbocycles. The van der Waals surface area contributed by atoms with Gasteiger partial charge in [0.25, 0.3) is 0 Å². The van der Waals surface area contributed by atoms with Crippen molar-refractivity contribution < 1.29 is 22.7 Å². The quantitative estimate of drug-likeness (QED) is 0.510. The molecule has 1 saturated heterocycles. The molecule has 1 aliphatic rings. The number of nitrogens with zero attached hydrogens (tertiary/aromatic N) is 1. The van der Waals surface area contributed by atoms with Crippen LogP contribution >= 0.6 is 11.8 Å². The Bertz CT molecular complexity index is 782. The Morgan fingerprint density at radius 1 is 1.24 bits per heavy atom. The number of carbonyl (C=O) groups is 2. The highest BCUT2D eigenvalue weighted by Gasteiger charge is 2.38. The lowest BCUT2D eigenvalue weighted by Gasteiger charge is -2.32. The van der Waals surface area contributed by atoms with Crippen molar-refractivity contribution in [2.45, 2.75) is 24.8 Å². The van der Waals surface area contributed by atoms with E-state index in [9.17, 15) is 18.0 Å². The molecule has 29 heavy (non-hydrogen) atoms. The molecule has 3 N–H and O–H groups in total. The van der Waals surface area contributed by atoms with Gasteiger partial charge in [-0.1, -0.05) is 30.3 Å². The Morgan fingerprint density at radius 3 is 2.48 bits per heavy atom. The molecule has 1 atom stereocenters. The number of nitrogens with two attached hydrogens (primary N) is 1. The minimum atomic E-state index is -3.56. The van der Waals surface area contributed by atoms with Gasteiger partial charge in [-0.15, -0.1) is 0 Å². The zero-order valence-corrected chi connectivity index (χ0v) is 18.3. The molecule has 0 saturated carbocycles. The molecule has 1 aromatic rings. The van der Waals surface area contributed by atoms with Crippen LogP contribution in [0.2, 0.25) is 0 Å². The highest BCUT2D eigenvalue weighted by molar-refractivity contribution is 7.98. The Morgan fingerprint density at radius 2 is 1.90 bits per heavy atom. The fraction of sp³-hybridized carbons (Fsp3) is 0.579. The number of hydrogen-bond donors (Lipinski definition) is 2. The van der Waals surface area contributed by atoms with E-state index < -0.39 is 27.4 Å². The normalized spacial score (nSPS) is 17.4. The second-order valence-electron chi connectivity index (χ2n) is 6.98. The lowest BCUT2D eigenvalue weighted by Crippen LogP contribution is -2.59. The van der Waals surface area contributed by atoms with Gasteiger partial charge < -0.3 is 15.8 Å². The fourth-order valence-electron chi connectivity index (χ4n) is 3.19. The SMILES string of the molecule is CSCC[C@](Cc1ccccc1)(NC(=O)CCS(=O)(=O)N1CCOCC1)C(N)=O. The van der Waals surface area contributed by atoms with Gasteiger partial charge in [0.1, 0.15) is 5.54 Å².